The van der Waals surface area contributed by atoms with E-state index in [0.717, 1.165) is 49.8 Å². The summed E-state index contributed by atoms with van der Waals surface area (Å²) >= 11 is 1.10. The number of hydrogen-bond acceptors (Lipinski definition) is 4. The van der Waals surface area contributed by atoms with Gasteiger partial charge in [0.05, 0.1) is 17.9 Å². The molecule has 0 unspecified atom stereocenters. The maximum Gasteiger partial charge on any atom is 0.416 e. The van der Waals surface area contributed by atoms with Crippen LogP contribution >= 0.6 is 11.8 Å². The number of hydrogen-bond donors (Lipinski definition) is 2. The average molecular weight is 376 g/mol. The van der Waals surface area contributed by atoms with Gasteiger partial charge in [-0.2, -0.15) is 13.2 Å². The van der Waals surface area contributed by atoms with E-state index in [1.807, 2.05) is 0 Å². The summed E-state index contributed by atoms with van der Waals surface area (Å²) in [6, 6.07) is 5.02. The van der Waals surface area contributed by atoms with Crippen LogP contribution in [0.3, 0.4) is 0 Å². The summed E-state index contributed by atoms with van der Waals surface area (Å²) in [5, 5.41) is 6.19. The van der Waals surface area contributed by atoms with Crippen molar-refractivity contribution in [2.24, 2.45) is 5.41 Å². The fourth-order valence-electron chi connectivity index (χ4n) is 2.88. The lowest BCUT2D eigenvalue weighted by Crippen LogP contribution is -2.47. The highest BCUT2D eigenvalue weighted by molar-refractivity contribution is 8.00. The van der Waals surface area contributed by atoms with Crippen LogP contribution in [-0.4, -0.2) is 45.0 Å². The van der Waals surface area contributed by atoms with Gasteiger partial charge < -0.3 is 15.4 Å². The number of methoxy groups -OCH3 is 1. The van der Waals surface area contributed by atoms with Gasteiger partial charge in [-0.25, -0.2) is 0 Å². The van der Waals surface area contributed by atoms with Crippen molar-refractivity contribution in [3.63, 3.8) is 0 Å². The normalized spacial score (nSPS) is 17.3. The van der Waals surface area contributed by atoms with Crippen LogP contribution in [-0.2, 0) is 15.7 Å². The molecular formula is C17H23F3N2O2S. The summed E-state index contributed by atoms with van der Waals surface area (Å²) in [6.07, 6.45) is -2.54. The van der Waals surface area contributed by atoms with Crippen molar-refractivity contribution in [2.75, 3.05) is 39.1 Å². The van der Waals surface area contributed by atoms with E-state index in [4.69, 9.17) is 4.74 Å². The van der Waals surface area contributed by atoms with E-state index in [1.54, 1.807) is 13.2 Å². The highest BCUT2D eigenvalue weighted by atomic mass is 32.2. The van der Waals surface area contributed by atoms with Gasteiger partial charge in [0.2, 0.25) is 5.91 Å². The minimum absolute atomic E-state index is 0.0729. The van der Waals surface area contributed by atoms with Gasteiger partial charge in [0.15, 0.2) is 0 Å². The monoisotopic (exact) mass is 376 g/mol. The Labute approximate surface area is 149 Å². The Balaban J connectivity index is 1.84. The number of thioether (sulfide) groups is 1. The minimum Gasteiger partial charge on any atom is -0.384 e. The molecule has 0 aliphatic carbocycles. The van der Waals surface area contributed by atoms with E-state index in [2.05, 4.69) is 10.6 Å². The first-order valence-electron chi connectivity index (χ1n) is 8.11. The van der Waals surface area contributed by atoms with Gasteiger partial charge >= 0.3 is 6.18 Å². The molecule has 0 aromatic heterocycles. The van der Waals surface area contributed by atoms with Crippen LogP contribution in [0.1, 0.15) is 18.4 Å². The molecule has 25 heavy (non-hydrogen) atoms. The summed E-state index contributed by atoms with van der Waals surface area (Å²) in [6.45, 7) is 2.87. The average Bonchev–Trinajstić information content (AvgIpc) is 2.59. The molecule has 1 aromatic rings. The molecular weight excluding hydrogens is 353 g/mol. The Bertz CT molecular complexity index is 570. The predicted molar refractivity (Wildman–Crippen MR) is 91.6 cm³/mol. The third-order valence-electron chi connectivity index (χ3n) is 4.31. The largest absolute Gasteiger partial charge is 0.416 e. The van der Waals surface area contributed by atoms with E-state index in [9.17, 15) is 18.0 Å². The fraction of sp³-hybridized carbons (Fsp3) is 0.588. The molecule has 1 aromatic carbocycles. The Morgan fingerprint density at radius 1 is 1.36 bits per heavy atom. The van der Waals surface area contributed by atoms with Crippen LogP contribution < -0.4 is 10.6 Å². The maximum atomic E-state index is 12.7. The number of amides is 1. The second-order valence-electron chi connectivity index (χ2n) is 6.27. The Morgan fingerprint density at radius 2 is 2.08 bits per heavy atom. The highest BCUT2D eigenvalue weighted by Gasteiger charge is 2.32. The molecule has 0 saturated carbocycles. The smallest absolute Gasteiger partial charge is 0.384 e. The second kappa shape index (κ2) is 8.91. The molecule has 0 bridgehead atoms. The van der Waals surface area contributed by atoms with Crippen molar-refractivity contribution in [3.05, 3.63) is 29.8 Å². The lowest BCUT2D eigenvalue weighted by molar-refractivity contribution is -0.137. The van der Waals surface area contributed by atoms with E-state index in [0.29, 0.717) is 18.0 Å². The van der Waals surface area contributed by atoms with E-state index >= 15 is 0 Å². The van der Waals surface area contributed by atoms with E-state index in [1.165, 1.54) is 6.07 Å². The molecule has 1 amide bonds. The molecule has 1 aliphatic heterocycles. The first-order chi connectivity index (χ1) is 11.8. The third kappa shape index (κ3) is 6.20. The fourth-order valence-corrected chi connectivity index (χ4v) is 3.67. The highest BCUT2D eigenvalue weighted by Crippen LogP contribution is 2.32. The Morgan fingerprint density at radius 3 is 2.72 bits per heavy atom. The van der Waals surface area contributed by atoms with Crippen LogP contribution in [0.25, 0.3) is 0 Å². The molecule has 1 aliphatic rings. The number of nitrogens with one attached hydrogen (secondary N) is 2. The standard InChI is InChI=1S/C17H23F3N2O2S/c1-24-12-16(5-7-21-8-6-16)11-22-15(23)10-25-14-4-2-3-13(9-14)17(18,19)20/h2-4,9,21H,5-8,10-12H2,1H3,(H,22,23). The number of halogens is 3. The molecule has 140 valence electrons. The molecule has 2 rings (SSSR count). The zero-order valence-corrected chi connectivity index (χ0v) is 14.9. The summed E-state index contributed by atoms with van der Waals surface area (Å²) in [5.74, 6) is -0.0979. The van der Waals surface area contributed by atoms with Crippen LogP contribution in [0.4, 0.5) is 13.2 Å². The van der Waals surface area contributed by atoms with Gasteiger partial charge in [-0.3, -0.25) is 4.79 Å². The van der Waals surface area contributed by atoms with Gasteiger partial charge in [-0.15, -0.1) is 11.8 Å². The van der Waals surface area contributed by atoms with Gasteiger partial charge in [0.25, 0.3) is 0 Å². The molecule has 4 nitrogen and oxygen atoms in total. The van der Waals surface area contributed by atoms with Crippen LogP contribution in [0.15, 0.2) is 29.2 Å². The van der Waals surface area contributed by atoms with Gasteiger partial charge in [-0.05, 0) is 44.1 Å². The first kappa shape index (κ1) is 20.1. The minimum atomic E-state index is -4.37. The number of benzene rings is 1. The SMILES string of the molecule is COCC1(CNC(=O)CSc2cccc(C(F)(F)F)c2)CCNCC1. The molecule has 1 saturated heterocycles. The van der Waals surface area contributed by atoms with Gasteiger partial charge in [-0.1, -0.05) is 6.07 Å². The molecule has 8 heteroatoms. The number of alkyl halides is 3. The lowest BCUT2D eigenvalue weighted by Gasteiger charge is -2.37. The van der Waals surface area contributed by atoms with Crippen LogP contribution in [0, 0.1) is 5.41 Å². The number of piperidine rings is 1. The van der Waals surface area contributed by atoms with E-state index in [-0.39, 0.29) is 17.1 Å². The topological polar surface area (TPSA) is 50.4 Å². The first-order valence-corrected chi connectivity index (χ1v) is 9.10. The van der Waals surface area contributed by atoms with Crippen LogP contribution in [0.5, 0.6) is 0 Å². The second-order valence-corrected chi connectivity index (χ2v) is 7.32. The number of carbonyl (C=O) groups excluding carboxylic acids is 1. The van der Waals surface area contributed by atoms with Crippen molar-refractivity contribution in [1.82, 2.24) is 10.6 Å². The van der Waals surface area contributed by atoms with Crippen molar-refractivity contribution in [2.45, 2.75) is 23.9 Å². The molecule has 0 spiro atoms. The summed E-state index contributed by atoms with van der Waals surface area (Å²) < 4.78 is 43.4. The van der Waals surface area contributed by atoms with Crippen molar-refractivity contribution in [3.8, 4) is 0 Å². The zero-order valence-electron chi connectivity index (χ0n) is 14.1. The maximum absolute atomic E-state index is 12.7. The zero-order chi connectivity index (χ0) is 18.3. The van der Waals surface area contributed by atoms with Crippen molar-refractivity contribution in [1.29, 1.82) is 0 Å². The molecule has 1 fully saturated rings. The number of rotatable bonds is 7. The number of ether oxygens (including phenoxy) is 1. The van der Waals surface area contributed by atoms with Crippen molar-refractivity contribution >= 4 is 17.7 Å². The number of carbonyl (C=O) groups is 1. The van der Waals surface area contributed by atoms with Gasteiger partial charge in [0.1, 0.15) is 0 Å². The van der Waals surface area contributed by atoms with Crippen LogP contribution in [0.2, 0.25) is 0 Å². The Hall–Kier alpha value is -1.25. The molecule has 2 N–H and O–H groups in total. The van der Waals surface area contributed by atoms with Crippen molar-refractivity contribution < 1.29 is 22.7 Å². The quantitative estimate of drug-likeness (QED) is 0.719. The van der Waals surface area contributed by atoms with Gasteiger partial charge in [0, 0.05) is 24.0 Å². The third-order valence-corrected chi connectivity index (χ3v) is 5.30. The summed E-state index contributed by atoms with van der Waals surface area (Å²) in [5.41, 5.74) is -0.775. The molecule has 0 radical (unpaired) electrons. The summed E-state index contributed by atoms with van der Waals surface area (Å²) in [7, 11) is 1.65. The lowest BCUT2D eigenvalue weighted by atomic mass is 9.79. The summed E-state index contributed by atoms with van der Waals surface area (Å²) in [4.78, 5) is 12.5. The molecule has 0 atom stereocenters. The predicted octanol–water partition coefficient (Wildman–Crippen LogP) is 2.93. The van der Waals surface area contributed by atoms with E-state index < -0.39 is 11.7 Å². The Kier molecular flexibility index (Phi) is 7.15. The molecule has 1 heterocycles.